The fourth-order valence-corrected chi connectivity index (χ4v) is 2.76. The highest BCUT2D eigenvalue weighted by molar-refractivity contribution is 5.69. The van der Waals surface area contributed by atoms with Gasteiger partial charge in [-0.25, -0.2) is 0 Å². The van der Waals surface area contributed by atoms with Crippen molar-refractivity contribution in [2.24, 2.45) is 0 Å². The maximum absolute atomic E-state index is 11.3. The summed E-state index contributed by atoms with van der Waals surface area (Å²) in [6.45, 7) is 4.78. The average molecular weight is 293 g/mol. The molecule has 7 nitrogen and oxygen atoms in total. The molecule has 2 heterocycles. The van der Waals surface area contributed by atoms with Crippen LogP contribution in [0.4, 0.5) is 11.4 Å². The third-order valence-electron chi connectivity index (χ3n) is 4.00. The zero-order valence-electron chi connectivity index (χ0n) is 12.0. The maximum Gasteiger partial charge on any atom is 0.296 e. The number of ether oxygens (including phenoxy) is 2. The number of rotatable bonds is 3. The number of anilines is 1. The number of nitro benzene ring substituents is 1. The largest absolute Gasteiger partial charge is 0.486 e. The second-order valence-electron chi connectivity index (χ2n) is 5.71. The van der Waals surface area contributed by atoms with Crippen molar-refractivity contribution in [3.8, 4) is 11.5 Å². The minimum Gasteiger partial charge on any atom is -0.486 e. The Balaban J connectivity index is 1.94. The van der Waals surface area contributed by atoms with E-state index in [1.807, 2.05) is 0 Å². The highest BCUT2D eigenvalue weighted by atomic mass is 16.6. The van der Waals surface area contributed by atoms with Gasteiger partial charge in [0.15, 0.2) is 11.5 Å². The van der Waals surface area contributed by atoms with Crippen LogP contribution in [0.1, 0.15) is 19.8 Å². The first-order valence-corrected chi connectivity index (χ1v) is 7.14. The second-order valence-corrected chi connectivity index (χ2v) is 5.71. The van der Waals surface area contributed by atoms with Gasteiger partial charge in [0, 0.05) is 11.6 Å². The van der Waals surface area contributed by atoms with Crippen LogP contribution in [-0.2, 0) is 0 Å². The van der Waals surface area contributed by atoms with E-state index in [-0.39, 0.29) is 16.1 Å². The second kappa shape index (κ2) is 5.40. The fraction of sp³-hybridized carbons (Fsp3) is 0.571. The Morgan fingerprint density at radius 2 is 1.86 bits per heavy atom. The molecule has 0 spiro atoms. The highest BCUT2D eigenvalue weighted by Gasteiger charge is 2.30. The number of piperidine rings is 1. The van der Waals surface area contributed by atoms with E-state index in [2.05, 4.69) is 17.6 Å². The molecule has 0 aliphatic carbocycles. The van der Waals surface area contributed by atoms with Gasteiger partial charge in [-0.15, -0.1) is 0 Å². The smallest absolute Gasteiger partial charge is 0.296 e. The Morgan fingerprint density at radius 3 is 2.48 bits per heavy atom. The van der Waals surface area contributed by atoms with E-state index in [9.17, 15) is 10.1 Å². The molecule has 7 heteroatoms. The maximum atomic E-state index is 11.3. The van der Waals surface area contributed by atoms with Gasteiger partial charge >= 0.3 is 0 Å². The van der Waals surface area contributed by atoms with Crippen molar-refractivity contribution >= 4 is 11.4 Å². The van der Waals surface area contributed by atoms with Gasteiger partial charge in [-0.2, -0.15) is 0 Å². The van der Waals surface area contributed by atoms with Crippen LogP contribution in [0.2, 0.25) is 0 Å². The lowest BCUT2D eigenvalue weighted by Gasteiger charge is -2.36. The molecule has 2 aliphatic heterocycles. The number of nitrogens with one attached hydrogen (secondary N) is 2. The Morgan fingerprint density at radius 1 is 1.24 bits per heavy atom. The summed E-state index contributed by atoms with van der Waals surface area (Å²) in [5, 5.41) is 17.9. The molecule has 0 saturated carbocycles. The lowest BCUT2D eigenvalue weighted by molar-refractivity contribution is -0.384. The van der Waals surface area contributed by atoms with Crippen molar-refractivity contribution in [3.05, 3.63) is 22.2 Å². The number of fused-ring (bicyclic) bond motifs is 1. The van der Waals surface area contributed by atoms with Crippen molar-refractivity contribution in [1.82, 2.24) is 5.32 Å². The number of benzene rings is 1. The zero-order chi connectivity index (χ0) is 14.9. The molecule has 21 heavy (non-hydrogen) atoms. The molecule has 0 aromatic heterocycles. The quantitative estimate of drug-likeness (QED) is 0.654. The van der Waals surface area contributed by atoms with Crippen molar-refractivity contribution in [2.75, 3.05) is 31.6 Å². The molecule has 2 aliphatic rings. The number of hydrogen-bond donors (Lipinski definition) is 2. The van der Waals surface area contributed by atoms with Crippen LogP contribution >= 0.6 is 0 Å². The van der Waals surface area contributed by atoms with E-state index in [0.717, 1.165) is 25.9 Å². The van der Waals surface area contributed by atoms with Crippen LogP contribution in [0.5, 0.6) is 11.5 Å². The number of hydrogen-bond acceptors (Lipinski definition) is 6. The number of nitro groups is 1. The van der Waals surface area contributed by atoms with Crippen molar-refractivity contribution in [3.63, 3.8) is 0 Å². The molecule has 2 N–H and O–H groups in total. The summed E-state index contributed by atoms with van der Waals surface area (Å²) in [4.78, 5) is 10.9. The van der Waals surface area contributed by atoms with Crippen LogP contribution in [-0.4, -0.2) is 36.8 Å². The van der Waals surface area contributed by atoms with Crippen LogP contribution in [0.25, 0.3) is 0 Å². The zero-order valence-corrected chi connectivity index (χ0v) is 12.0. The first-order chi connectivity index (χ1) is 10.1. The third-order valence-corrected chi connectivity index (χ3v) is 4.00. The molecule has 0 unspecified atom stereocenters. The van der Waals surface area contributed by atoms with Gasteiger partial charge < -0.3 is 20.1 Å². The SMILES string of the molecule is CC1(Nc2cc3c(cc2[N+](=O)[O-])OCCO3)CCNCC1. The molecule has 3 rings (SSSR count). The van der Waals surface area contributed by atoms with Gasteiger partial charge in [-0.3, -0.25) is 10.1 Å². The van der Waals surface area contributed by atoms with E-state index in [1.165, 1.54) is 6.07 Å². The minimum atomic E-state index is -0.384. The normalized spacial score (nSPS) is 19.9. The molecule has 1 saturated heterocycles. The van der Waals surface area contributed by atoms with Crippen LogP contribution in [0.3, 0.4) is 0 Å². The summed E-state index contributed by atoms with van der Waals surface area (Å²) in [5.74, 6) is 1.00. The molecule has 0 radical (unpaired) electrons. The third kappa shape index (κ3) is 2.87. The average Bonchev–Trinajstić information content (AvgIpc) is 2.46. The Hall–Kier alpha value is -2.02. The monoisotopic (exact) mass is 293 g/mol. The van der Waals surface area contributed by atoms with Crippen LogP contribution in [0.15, 0.2) is 12.1 Å². The van der Waals surface area contributed by atoms with E-state index in [0.29, 0.717) is 30.4 Å². The Labute approximate surface area is 122 Å². The summed E-state index contributed by atoms with van der Waals surface area (Å²) >= 11 is 0. The molecule has 1 aromatic carbocycles. The first-order valence-electron chi connectivity index (χ1n) is 7.14. The molecule has 0 amide bonds. The van der Waals surface area contributed by atoms with Gasteiger partial charge in [0.1, 0.15) is 18.9 Å². The molecule has 1 aromatic rings. The predicted molar refractivity (Wildman–Crippen MR) is 78.2 cm³/mol. The number of nitrogens with zero attached hydrogens (tertiary/aromatic N) is 1. The standard InChI is InChI=1S/C14H19N3O4/c1-14(2-4-15-5-3-14)16-10-8-12-13(21-7-6-20-12)9-11(10)17(18)19/h8-9,15-16H,2-7H2,1H3. The Bertz CT molecular complexity index is 555. The van der Waals surface area contributed by atoms with Gasteiger partial charge in [-0.1, -0.05) is 0 Å². The van der Waals surface area contributed by atoms with Crippen LogP contribution < -0.4 is 20.1 Å². The van der Waals surface area contributed by atoms with Crippen LogP contribution in [0, 0.1) is 10.1 Å². The fourth-order valence-electron chi connectivity index (χ4n) is 2.76. The first kappa shape index (κ1) is 13.9. The molecule has 0 bridgehead atoms. The van der Waals surface area contributed by atoms with Gasteiger partial charge in [0.25, 0.3) is 5.69 Å². The predicted octanol–water partition coefficient (Wildman–Crippen LogP) is 1.92. The summed E-state index contributed by atoms with van der Waals surface area (Å²) in [5.41, 5.74) is 0.368. The van der Waals surface area contributed by atoms with Gasteiger partial charge in [0.2, 0.25) is 0 Å². The van der Waals surface area contributed by atoms with Gasteiger partial charge in [0.05, 0.1) is 11.0 Å². The van der Waals surface area contributed by atoms with E-state index in [1.54, 1.807) is 6.07 Å². The minimum absolute atomic E-state index is 0.0269. The Kier molecular flexibility index (Phi) is 3.59. The van der Waals surface area contributed by atoms with Gasteiger partial charge in [-0.05, 0) is 32.9 Å². The van der Waals surface area contributed by atoms with E-state index in [4.69, 9.17) is 9.47 Å². The molecular formula is C14H19N3O4. The summed E-state index contributed by atoms with van der Waals surface area (Å²) in [6, 6.07) is 3.13. The molecule has 114 valence electrons. The van der Waals surface area contributed by atoms with Crippen molar-refractivity contribution < 1.29 is 14.4 Å². The lowest BCUT2D eigenvalue weighted by Crippen LogP contribution is -2.45. The lowest BCUT2D eigenvalue weighted by atomic mass is 9.90. The van der Waals surface area contributed by atoms with Crippen molar-refractivity contribution in [2.45, 2.75) is 25.3 Å². The van der Waals surface area contributed by atoms with E-state index >= 15 is 0 Å². The molecule has 0 atom stereocenters. The topological polar surface area (TPSA) is 85.7 Å². The summed E-state index contributed by atoms with van der Waals surface area (Å²) in [6.07, 6.45) is 1.83. The van der Waals surface area contributed by atoms with E-state index < -0.39 is 0 Å². The van der Waals surface area contributed by atoms with Crippen molar-refractivity contribution in [1.29, 1.82) is 0 Å². The highest BCUT2D eigenvalue weighted by Crippen LogP contribution is 2.41. The molecule has 1 fully saturated rings. The summed E-state index contributed by atoms with van der Waals surface area (Å²) < 4.78 is 10.9. The summed E-state index contributed by atoms with van der Waals surface area (Å²) in [7, 11) is 0. The molecular weight excluding hydrogens is 274 g/mol.